The quantitative estimate of drug-likeness (QED) is 0.723. The Morgan fingerprint density at radius 2 is 1.65 bits per heavy atom. The predicted molar refractivity (Wildman–Crippen MR) is 74.0 cm³/mol. The van der Waals surface area contributed by atoms with Gasteiger partial charge in [-0.3, -0.25) is 4.79 Å². The van der Waals surface area contributed by atoms with Gasteiger partial charge in [0.2, 0.25) is 0 Å². The van der Waals surface area contributed by atoms with Gasteiger partial charge in [0.25, 0.3) is 0 Å². The summed E-state index contributed by atoms with van der Waals surface area (Å²) in [4.78, 5) is 11.6. The van der Waals surface area contributed by atoms with E-state index in [0.717, 1.165) is 51.4 Å². The molecule has 0 saturated heterocycles. The maximum Gasteiger partial charge on any atom is 0.303 e. The van der Waals surface area contributed by atoms with Gasteiger partial charge in [-0.15, -0.1) is 0 Å². The number of carbonyl (C=O) groups is 1. The first kappa shape index (κ1) is 14.3. The second-order valence-electron chi connectivity index (χ2n) is 6.94. The lowest BCUT2D eigenvalue weighted by Crippen LogP contribution is -2.78. The van der Waals surface area contributed by atoms with Crippen molar-refractivity contribution in [2.75, 3.05) is 0 Å². The van der Waals surface area contributed by atoms with E-state index in [4.69, 9.17) is 4.74 Å². The lowest BCUT2D eigenvalue weighted by Gasteiger charge is -2.65. The van der Waals surface area contributed by atoms with Crippen LogP contribution in [0.1, 0.15) is 64.7 Å². The average molecular weight is 282 g/mol. The summed E-state index contributed by atoms with van der Waals surface area (Å²) < 4.78 is 5.79. The van der Waals surface area contributed by atoms with Crippen molar-refractivity contribution in [3.8, 4) is 0 Å². The molecule has 3 saturated carbocycles. The van der Waals surface area contributed by atoms with E-state index in [1.54, 1.807) is 0 Å². The minimum atomic E-state index is -1.03. The molecule has 0 spiro atoms. The zero-order valence-corrected chi connectivity index (χ0v) is 12.3. The first-order chi connectivity index (χ1) is 9.52. The summed E-state index contributed by atoms with van der Waals surface area (Å²) in [6.45, 7) is 1.46. The molecular formula is C16H26O4. The third kappa shape index (κ3) is 1.84. The molecule has 0 heterocycles. The normalized spacial score (nSPS) is 48.0. The van der Waals surface area contributed by atoms with E-state index < -0.39 is 17.3 Å². The second kappa shape index (κ2) is 4.99. The molecule has 0 radical (unpaired) electrons. The van der Waals surface area contributed by atoms with Crippen LogP contribution in [0.15, 0.2) is 0 Å². The number of ether oxygens (including phenoxy) is 1. The lowest BCUT2D eigenvalue weighted by molar-refractivity contribution is -0.324. The van der Waals surface area contributed by atoms with Gasteiger partial charge in [0.05, 0.1) is 6.10 Å². The molecule has 0 aromatic heterocycles. The molecule has 114 valence electrons. The molecule has 0 aromatic rings. The van der Waals surface area contributed by atoms with Crippen LogP contribution < -0.4 is 0 Å². The first-order valence-corrected chi connectivity index (χ1v) is 8.12. The van der Waals surface area contributed by atoms with Gasteiger partial charge in [-0.25, -0.2) is 0 Å². The van der Waals surface area contributed by atoms with E-state index in [1.165, 1.54) is 6.92 Å². The minimum Gasteiger partial charge on any atom is -0.458 e. The SMILES string of the molecule is CC(=O)O[C@@]12CCCCC[C@H]1[C@]1(O)[C@@H]2CCCC[C@@H]1O. The van der Waals surface area contributed by atoms with Gasteiger partial charge < -0.3 is 14.9 Å². The molecule has 0 unspecified atom stereocenters. The number of fused-ring (bicyclic) bond motifs is 4. The van der Waals surface area contributed by atoms with Crippen LogP contribution in [-0.2, 0) is 9.53 Å². The molecule has 2 N–H and O–H groups in total. The van der Waals surface area contributed by atoms with Gasteiger partial charge in [0.1, 0.15) is 11.2 Å². The monoisotopic (exact) mass is 282 g/mol. The Morgan fingerprint density at radius 1 is 1.05 bits per heavy atom. The van der Waals surface area contributed by atoms with Crippen molar-refractivity contribution in [1.82, 2.24) is 0 Å². The van der Waals surface area contributed by atoms with E-state index in [1.807, 2.05) is 0 Å². The van der Waals surface area contributed by atoms with E-state index >= 15 is 0 Å². The summed E-state index contributed by atoms with van der Waals surface area (Å²) in [6, 6.07) is 0. The molecule has 3 rings (SSSR count). The molecule has 3 fully saturated rings. The fraction of sp³-hybridized carbons (Fsp3) is 0.938. The number of esters is 1. The summed E-state index contributed by atoms with van der Waals surface area (Å²) in [6.07, 6.45) is 7.73. The lowest BCUT2D eigenvalue weighted by atomic mass is 9.46. The Morgan fingerprint density at radius 3 is 2.30 bits per heavy atom. The topological polar surface area (TPSA) is 66.8 Å². The summed E-state index contributed by atoms with van der Waals surface area (Å²) >= 11 is 0. The van der Waals surface area contributed by atoms with Gasteiger partial charge in [0.15, 0.2) is 0 Å². The molecule has 0 aliphatic heterocycles. The van der Waals surface area contributed by atoms with Crippen LogP contribution in [0.4, 0.5) is 0 Å². The van der Waals surface area contributed by atoms with Crippen molar-refractivity contribution >= 4 is 5.97 Å². The Hall–Kier alpha value is -0.610. The van der Waals surface area contributed by atoms with E-state index in [0.29, 0.717) is 6.42 Å². The summed E-state index contributed by atoms with van der Waals surface area (Å²) in [7, 11) is 0. The van der Waals surface area contributed by atoms with Crippen molar-refractivity contribution in [2.24, 2.45) is 11.8 Å². The molecule has 20 heavy (non-hydrogen) atoms. The van der Waals surface area contributed by atoms with E-state index in [-0.39, 0.29) is 17.8 Å². The largest absolute Gasteiger partial charge is 0.458 e. The maximum absolute atomic E-state index is 11.6. The van der Waals surface area contributed by atoms with Crippen LogP contribution in [-0.4, -0.2) is 33.5 Å². The van der Waals surface area contributed by atoms with E-state index in [2.05, 4.69) is 0 Å². The number of rotatable bonds is 1. The fourth-order valence-corrected chi connectivity index (χ4v) is 5.24. The molecular weight excluding hydrogens is 256 g/mol. The smallest absolute Gasteiger partial charge is 0.303 e. The number of aliphatic hydroxyl groups is 2. The van der Waals surface area contributed by atoms with Crippen molar-refractivity contribution in [2.45, 2.75) is 82.0 Å². The van der Waals surface area contributed by atoms with Crippen molar-refractivity contribution in [1.29, 1.82) is 0 Å². The van der Waals surface area contributed by atoms with Crippen molar-refractivity contribution in [3.05, 3.63) is 0 Å². The standard InChI is InChI=1S/C16H26O4/c1-11(17)20-15-10-6-2-3-7-12(15)16(19)13(15)8-4-5-9-14(16)18/h12-14,18-19H,2-10H2,1H3/t12-,13-,14+,15+,16+/m1/s1. The molecule has 3 aliphatic rings. The zero-order valence-electron chi connectivity index (χ0n) is 12.3. The molecule has 0 amide bonds. The van der Waals surface area contributed by atoms with Gasteiger partial charge in [-0.05, 0) is 32.1 Å². The van der Waals surface area contributed by atoms with Gasteiger partial charge >= 0.3 is 5.97 Å². The Kier molecular flexibility index (Phi) is 3.57. The highest BCUT2D eigenvalue weighted by Crippen LogP contribution is 2.64. The molecule has 4 heteroatoms. The fourth-order valence-electron chi connectivity index (χ4n) is 5.24. The molecule has 4 nitrogen and oxygen atoms in total. The number of hydrogen-bond acceptors (Lipinski definition) is 4. The van der Waals surface area contributed by atoms with Crippen LogP contribution in [0.5, 0.6) is 0 Å². The van der Waals surface area contributed by atoms with Gasteiger partial charge in [-0.2, -0.15) is 0 Å². The summed E-state index contributed by atoms with van der Waals surface area (Å²) in [5.41, 5.74) is -1.54. The molecule has 0 aromatic carbocycles. The van der Waals surface area contributed by atoms with Crippen LogP contribution in [0, 0.1) is 11.8 Å². The van der Waals surface area contributed by atoms with Gasteiger partial charge in [-0.1, -0.05) is 25.7 Å². The van der Waals surface area contributed by atoms with Crippen molar-refractivity contribution in [3.63, 3.8) is 0 Å². The minimum absolute atomic E-state index is 0.0838. The Bertz CT molecular complexity index is 382. The number of aliphatic hydroxyl groups excluding tert-OH is 1. The first-order valence-electron chi connectivity index (χ1n) is 8.12. The predicted octanol–water partition coefficient (Wildman–Crippen LogP) is 2.16. The summed E-state index contributed by atoms with van der Waals surface area (Å²) in [5.74, 6) is -0.420. The Balaban J connectivity index is 1.97. The highest BCUT2D eigenvalue weighted by atomic mass is 16.6. The Labute approximate surface area is 120 Å². The van der Waals surface area contributed by atoms with Crippen LogP contribution in [0.25, 0.3) is 0 Å². The summed E-state index contributed by atoms with van der Waals surface area (Å²) in [5, 5.41) is 21.6. The van der Waals surface area contributed by atoms with Crippen molar-refractivity contribution < 1.29 is 19.7 Å². The number of hydrogen-bond donors (Lipinski definition) is 2. The molecule has 5 atom stereocenters. The third-order valence-corrected chi connectivity index (χ3v) is 5.94. The zero-order chi connectivity index (χ0) is 14.4. The average Bonchev–Trinajstić information content (AvgIpc) is 2.64. The van der Waals surface area contributed by atoms with E-state index in [9.17, 15) is 15.0 Å². The van der Waals surface area contributed by atoms with Gasteiger partial charge in [0, 0.05) is 18.8 Å². The van der Waals surface area contributed by atoms with Crippen LogP contribution >= 0.6 is 0 Å². The van der Waals surface area contributed by atoms with Crippen LogP contribution in [0.3, 0.4) is 0 Å². The highest BCUT2D eigenvalue weighted by molar-refractivity contribution is 5.67. The highest BCUT2D eigenvalue weighted by Gasteiger charge is 2.74. The number of carbonyl (C=O) groups excluding carboxylic acids is 1. The maximum atomic E-state index is 11.6. The third-order valence-electron chi connectivity index (χ3n) is 5.94. The molecule has 3 aliphatic carbocycles. The van der Waals surface area contributed by atoms with Crippen LogP contribution in [0.2, 0.25) is 0 Å². The second-order valence-corrected chi connectivity index (χ2v) is 6.94. The molecule has 0 bridgehead atoms.